The van der Waals surface area contributed by atoms with Gasteiger partial charge in [0.1, 0.15) is 5.69 Å². The molecule has 0 amide bonds. The number of hydrogen-bond acceptors (Lipinski definition) is 3. The van der Waals surface area contributed by atoms with Gasteiger partial charge in [0.05, 0.1) is 0 Å². The Hall–Kier alpha value is -1.43. The molecule has 5 nitrogen and oxygen atoms in total. The van der Waals surface area contributed by atoms with Gasteiger partial charge in [-0.15, -0.1) is 0 Å². The van der Waals surface area contributed by atoms with E-state index < -0.39 is 16.8 Å². The number of carboxylic acid groups (broad SMARTS) is 1. The predicted octanol–water partition coefficient (Wildman–Crippen LogP) is 1.55. The van der Waals surface area contributed by atoms with E-state index in [9.17, 15) is 13.8 Å². The van der Waals surface area contributed by atoms with E-state index in [4.69, 9.17) is 5.11 Å². The highest BCUT2D eigenvalue weighted by Crippen LogP contribution is 2.12. The Morgan fingerprint density at radius 3 is 2.56 bits per heavy atom. The van der Waals surface area contributed by atoms with Crippen LogP contribution in [0.3, 0.4) is 0 Å². The van der Waals surface area contributed by atoms with Crippen molar-refractivity contribution >= 4 is 22.6 Å². The number of carbonyl (C=O) groups is 2. The first-order valence-electron chi connectivity index (χ1n) is 5.59. The average Bonchev–Trinajstić information content (AvgIpc) is 2.69. The van der Waals surface area contributed by atoms with Crippen molar-refractivity contribution in [1.29, 1.82) is 0 Å². The van der Waals surface area contributed by atoms with Gasteiger partial charge in [0, 0.05) is 40.6 Å². The van der Waals surface area contributed by atoms with E-state index >= 15 is 0 Å². The first-order chi connectivity index (χ1) is 8.32. The van der Waals surface area contributed by atoms with Crippen molar-refractivity contribution in [2.24, 2.45) is 0 Å². The van der Waals surface area contributed by atoms with Crippen LogP contribution in [-0.4, -0.2) is 37.1 Å². The van der Waals surface area contributed by atoms with E-state index in [1.807, 2.05) is 6.92 Å². The number of nitrogens with zero attached hydrogens (tertiary/aromatic N) is 1. The Kier molecular flexibility index (Phi) is 4.84. The topological polar surface area (TPSA) is 76.4 Å². The molecule has 1 aromatic rings. The Labute approximate surface area is 108 Å². The average molecular weight is 271 g/mol. The SMILES string of the molecule is CC(=O)c1cc(C(=O)O)n(CCC(C)S(C)=O)c1. The van der Waals surface area contributed by atoms with Gasteiger partial charge >= 0.3 is 5.97 Å². The minimum Gasteiger partial charge on any atom is -0.477 e. The van der Waals surface area contributed by atoms with E-state index in [0.29, 0.717) is 18.5 Å². The third-order valence-corrected chi connectivity index (χ3v) is 4.23. The number of hydrogen-bond donors (Lipinski definition) is 1. The van der Waals surface area contributed by atoms with Gasteiger partial charge in [-0.25, -0.2) is 4.79 Å². The maximum absolute atomic E-state index is 11.2. The number of carboxylic acids is 1. The van der Waals surface area contributed by atoms with E-state index in [0.717, 1.165) is 0 Å². The fourth-order valence-electron chi connectivity index (χ4n) is 1.55. The highest BCUT2D eigenvalue weighted by atomic mass is 32.2. The fraction of sp³-hybridized carbons (Fsp3) is 0.500. The van der Waals surface area contributed by atoms with Crippen LogP contribution in [0.25, 0.3) is 0 Å². The molecule has 1 N–H and O–H groups in total. The Morgan fingerprint density at radius 1 is 1.50 bits per heavy atom. The molecule has 0 saturated carbocycles. The number of rotatable bonds is 6. The summed E-state index contributed by atoms with van der Waals surface area (Å²) in [5, 5.41) is 9.04. The Bertz CT molecular complexity index is 492. The van der Waals surface area contributed by atoms with Gasteiger partial charge in [-0.3, -0.25) is 9.00 Å². The first kappa shape index (κ1) is 14.6. The molecule has 0 bridgehead atoms. The number of aromatic carboxylic acids is 1. The maximum Gasteiger partial charge on any atom is 0.352 e. The molecule has 0 aromatic carbocycles. The van der Waals surface area contributed by atoms with Crippen LogP contribution in [0.1, 0.15) is 41.1 Å². The molecule has 0 aliphatic rings. The van der Waals surface area contributed by atoms with Crippen LogP contribution < -0.4 is 0 Å². The summed E-state index contributed by atoms with van der Waals surface area (Å²) in [5.74, 6) is -1.23. The Morgan fingerprint density at radius 2 is 2.11 bits per heavy atom. The van der Waals surface area contributed by atoms with Crippen molar-refractivity contribution in [3.05, 3.63) is 23.5 Å². The molecular formula is C12H17NO4S. The monoisotopic (exact) mass is 271 g/mol. The Balaban J connectivity index is 2.90. The lowest BCUT2D eigenvalue weighted by molar-refractivity contribution is 0.0685. The van der Waals surface area contributed by atoms with Gasteiger partial charge in [-0.1, -0.05) is 6.92 Å². The van der Waals surface area contributed by atoms with E-state index in [1.165, 1.54) is 23.8 Å². The molecule has 0 aliphatic carbocycles. The van der Waals surface area contributed by atoms with Gasteiger partial charge in [0.25, 0.3) is 0 Å². The zero-order chi connectivity index (χ0) is 13.9. The van der Waals surface area contributed by atoms with Crippen LogP contribution >= 0.6 is 0 Å². The summed E-state index contributed by atoms with van der Waals surface area (Å²) >= 11 is 0. The van der Waals surface area contributed by atoms with E-state index in [2.05, 4.69) is 0 Å². The summed E-state index contributed by atoms with van der Waals surface area (Å²) in [6.07, 6.45) is 3.77. The minimum absolute atomic E-state index is 0.00479. The highest BCUT2D eigenvalue weighted by molar-refractivity contribution is 7.84. The molecule has 0 spiro atoms. The number of carbonyl (C=O) groups excluding carboxylic acids is 1. The van der Waals surface area contributed by atoms with Crippen molar-refractivity contribution < 1.29 is 18.9 Å². The third kappa shape index (κ3) is 3.53. The number of aryl methyl sites for hydroxylation is 1. The third-order valence-electron chi connectivity index (χ3n) is 2.87. The molecule has 0 fully saturated rings. The van der Waals surface area contributed by atoms with Crippen molar-refractivity contribution in [1.82, 2.24) is 4.57 Å². The molecular weight excluding hydrogens is 254 g/mol. The van der Waals surface area contributed by atoms with Gasteiger partial charge in [0.15, 0.2) is 5.78 Å². The standard InChI is InChI=1S/C12H17NO4S/c1-8(18(3)17)4-5-13-7-10(9(2)14)6-11(13)12(15)16/h6-8H,4-5H2,1-3H3,(H,15,16). The van der Waals surface area contributed by atoms with Gasteiger partial charge in [-0.2, -0.15) is 0 Å². The highest BCUT2D eigenvalue weighted by Gasteiger charge is 2.15. The van der Waals surface area contributed by atoms with Crippen molar-refractivity contribution in [3.8, 4) is 0 Å². The number of Topliss-reactive ketones (excluding diaryl/α,β-unsaturated/α-hetero) is 1. The maximum atomic E-state index is 11.2. The van der Waals surface area contributed by atoms with Crippen molar-refractivity contribution in [2.75, 3.05) is 6.26 Å². The molecule has 1 aromatic heterocycles. The zero-order valence-electron chi connectivity index (χ0n) is 10.7. The molecule has 1 rings (SSSR count). The predicted molar refractivity (Wildman–Crippen MR) is 69.5 cm³/mol. The molecule has 0 radical (unpaired) electrons. The molecule has 2 atom stereocenters. The summed E-state index contributed by atoms with van der Waals surface area (Å²) in [4.78, 5) is 22.3. The summed E-state index contributed by atoms with van der Waals surface area (Å²) in [5.41, 5.74) is 0.479. The van der Waals surface area contributed by atoms with Crippen LogP contribution in [0.2, 0.25) is 0 Å². The van der Waals surface area contributed by atoms with Crippen molar-refractivity contribution in [3.63, 3.8) is 0 Å². The van der Waals surface area contributed by atoms with E-state index in [1.54, 1.807) is 6.26 Å². The van der Waals surface area contributed by atoms with Gasteiger partial charge < -0.3 is 9.67 Å². The summed E-state index contributed by atoms with van der Waals surface area (Å²) < 4.78 is 12.8. The molecule has 0 aliphatic heterocycles. The lowest BCUT2D eigenvalue weighted by Crippen LogP contribution is -2.15. The lowest BCUT2D eigenvalue weighted by Gasteiger charge is -2.10. The molecule has 2 unspecified atom stereocenters. The summed E-state index contributed by atoms with van der Waals surface area (Å²) in [6.45, 7) is 3.69. The number of aromatic nitrogens is 1. The minimum atomic E-state index is -1.06. The summed E-state index contributed by atoms with van der Waals surface area (Å²) in [7, 11) is -0.931. The lowest BCUT2D eigenvalue weighted by atomic mass is 10.2. The molecule has 100 valence electrons. The zero-order valence-corrected chi connectivity index (χ0v) is 11.5. The quantitative estimate of drug-likeness (QED) is 0.796. The molecule has 1 heterocycles. The van der Waals surface area contributed by atoms with Gasteiger partial charge in [-0.05, 0) is 19.4 Å². The van der Waals surface area contributed by atoms with Crippen LogP contribution in [0, 0.1) is 0 Å². The van der Waals surface area contributed by atoms with Crippen molar-refractivity contribution in [2.45, 2.75) is 32.1 Å². The molecule has 0 saturated heterocycles. The van der Waals surface area contributed by atoms with Crippen LogP contribution in [-0.2, 0) is 17.3 Å². The first-order valence-corrected chi connectivity index (χ1v) is 7.21. The molecule has 18 heavy (non-hydrogen) atoms. The summed E-state index contributed by atoms with van der Waals surface area (Å²) in [6, 6.07) is 1.37. The number of ketones is 1. The molecule has 6 heteroatoms. The van der Waals surface area contributed by atoms with E-state index in [-0.39, 0.29) is 16.7 Å². The fourth-order valence-corrected chi connectivity index (χ4v) is 1.99. The normalized spacial score (nSPS) is 14.2. The van der Waals surface area contributed by atoms with Crippen LogP contribution in [0.4, 0.5) is 0 Å². The smallest absolute Gasteiger partial charge is 0.352 e. The van der Waals surface area contributed by atoms with Crippen LogP contribution in [0.5, 0.6) is 0 Å². The second-order valence-electron chi connectivity index (χ2n) is 4.27. The van der Waals surface area contributed by atoms with Crippen LogP contribution in [0.15, 0.2) is 12.3 Å². The second kappa shape index (κ2) is 5.95. The van der Waals surface area contributed by atoms with Gasteiger partial charge in [0.2, 0.25) is 0 Å². The second-order valence-corrected chi connectivity index (χ2v) is 6.07. The largest absolute Gasteiger partial charge is 0.477 e.